The number of para-hydroxylation sites is 1. The fraction of sp³-hybridized carbons (Fsp3) is 0.350. The molecule has 0 bridgehead atoms. The van der Waals surface area contributed by atoms with Gasteiger partial charge < -0.3 is 10.1 Å². The lowest BCUT2D eigenvalue weighted by Crippen LogP contribution is -2.32. The molecule has 1 N–H and O–H groups in total. The van der Waals surface area contributed by atoms with Gasteiger partial charge in [0.05, 0.1) is 4.90 Å². The van der Waals surface area contributed by atoms with Crippen molar-refractivity contribution >= 4 is 21.6 Å². The van der Waals surface area contributed by atoms with Crippen LogP contribution in [-0.2, 0) is 14.8 Å². The second-order valence-electron chi connectivity index (χ2n) is 6.05. The zero-order chi connectivity index (χ0) is 20.7. The van der Waals surface area contributed by atoms with Gasteiger partial charge in [0.2, 0.25) is 10.0 Å². The zero-order valence-electron chi connectivity index (χ0n) is 16.2. The molecule has 0 saturated heterocycles. The third-order valence-electron chi connectivity index (χ3n) is 4.23. The van der Waals surface area contributed by atoms with Gasteiger partial charge in [0.1, 0.15) is 0 Å². The maximum absolute atomic E-state index is 13.7. The molecular formula is C20H25FN2O4S. The Morgan fingerprint density at radius 2 is 1.68 bits per heavy atom. The van der Waals surface area contributed by atoms with E-state index in [4.69, 9.17) is 4.74 Å². The molecule has 0 spiro atoms. The molecular weight excluding hydrogens is 383 g/mol. The number of nitrogens with one attached hydrogen (secondary N) is 1. The number of carbonyl (C=O) groups excluding carboxylic acids is 1. The Balaban J connectivity index is 2.10. The van der Waals surface area contributed by atoms with Crippen molar-refractivity contribution in [2.75, 3.05) is 18.4 Å². The second kappa shape index (κ2) is 9.66. The highest BCUT2D eigenvalue weighted by molar-refractivity contribution is 7.89. The molecule has 0 aliphatic carbocycles. The average molecular weight is 408 g/mol. The van der Waals surface area contributed by atoms with Gasteiger partial charge in [0.15, 0.2) is 17.7 Å². The van der Waals surface area contributed by atoms with Gasteiger partial charge in [-0.2, -0.15) is 4.31 Å². The number of amides is 1. The Labute approximate surface area is 165 Å². The summed E-state index contributed by atoms with van der Waals surface area (Å²) in [5, 5.41) is 2.67. The highest BCUT2D eigenvalue weighted by Gasteiger charge is 2.23. The van der Waals surface area contributed by atoms with Crippen molar-refractivity contribution in [1.82, 2.24) is 4.31 Å². The minimum Gasteiger partial charge on any atom is -0.478 e. The van der Waals surface area contributed by atoms with Crippen LogP contribution < -0.4 is 10.1 Å². The van der Waals surface area contributed by atoms with Crippen LogP contribution in [0, 0.1) is 5.82 Å². The monoisotopic (exact) mass is 408 g/mol. The van der Waals surface area contributed by atoms with E-state index in [9.17, 15) is 17.6 Å². The van der Waals surface area contributed by atoms with Crippen LogP contribution in [0.5, 0.6) is 5.75 Å². The second-order valence-corrected chi connectivity index (χ2v) is 7.99. The number of anilines is 1. The van der Waals surface area contributed by atoms with E-state index in [1.165, 1.54) is 46.8 Å². The normalized spacial score (nSPS) is 12.6. The minimum atomic E-state index is -3.56. The predicted octanol–water partition coefficient (Wildman–Crippen LogP) is 3.65. The molecule has 152 valence electrons. The molecule has 0 aliphatic heterocycles. The first kappa shape index (κ1) is 21.8. The number of hydrogen-bond donors (Lipinski definition) is 1. The van der Waals surface area contributed by atoms with Gasteiger partial charge in [0, 0.05) is 18.8 Å². The summed E-state index contributed by atoms with van der Waals surface area (Å²) in [7, 11) is -3.56. The molecule has 0 fully saturated rings. The average Bonchev–Trinajstić information content (AvgIpc) is 2.68. The van der Waals surface area contributed by atoms with Gasteiger partial charge in [0.25, 0.3) is 5.91 Å². The van der Waals surface area contributed by atoms with Gasteiger partial charge in [-0.05, 0) is 42.8 Å². The quantitative estimate of drug-likeness (QED) is 0.687. The van der Waals surface area contributed by atoms with Crippen molar-refractivity contribution in [2.45, 2.75) is 38.2 Å². The van der Waals surface area contributed by atoms with Gasteiger partial charge >= 0.3 is 0 Å². The van der Waals surface area contributed by atoms with Gasteiger partial charge in [-0.15, -0.1) is 0 Å². The van der Waals surface area contributed by atoms with Gasteiger partial charge in [-0.1, -0.05) is 32.9 Å². The first-order valence-electron chi connectivity index (χ1n) is 9.15. The lowest BCUT2D eigenvalue weighted by molar-refractivity contribution is -0.122. The fourth-order valence-electron chi connectivity index (χ4n) is 2.66. The molecule has 8 heteroatoms. The van der Waals surface area contributed by atoms with Crippen molar-refractivity contribution < 1.29 is 22.3 Å². The number of rotatable bonds is 9. The van der Waals surface area contributed by atoms with E-state index in [1.807, 2.05) is 0 Å². The summed E-state index contributed by atoms with van der Waals surface area (Å²) in [6.45, 7) is 6.06. The van der Waals surface area contributed by atoms with E-state index in [0.29, 0.717) is 25.2 Å². The van der Waals surface area contributed by atoms with Crippen LogP contribution in [-0.4, -0.2) is 37.8 Å². The molecule has 1 amide bonds. The summed E-state index contributed by atoms with van der Waals surface area (Å²) in [5.74, 6) is -0.977. The number of nitrogens with zero attached hydrogens (tertiary/aromatic N) is 1. The topological polar surface area (TPSA) is 75.7 Å². The molecule has 6 nitrogen and oxygen atoms in total. The summed E-state index contributed by atoms with van der Waals surface area (Å²) in [4.78, 5) is 12.6. The van der Waals surface area contributed by atoms with E-state index in [0.717, 1.165) is 0 Å². The lowest BCUT2D eigenvalue weighted by Gasteiger charge is -2.19. The molecule has 28 heavy (non-hydrogen) atoms. The smallest absolute Gasteiger partial charge is 0.265 e. The number of ether oxygens (including phenoxy) is 1. The van der Waals surface area contributed by atoms with E-state index in [1.54, 1.807) is 26.8 Å². The van der Waals surface area contributed by atoms with E-state index >= 15 is 0 Å². The van der Waals surface area contributed by atoms with Crippen LogP contribution in [0.1, 0.15) is 27.2 Å². The van der Waals surface area contributed by atoms with Crippen molar-refractivity contribution in [3.63, 3.8) is 0 Å². The van der Waals surface area contributed by atoms with Crippen LogP contribution >= 0.6 is 0 Å². The fourth-order valence-corrected chi connectivity index (χ4v) is 4.12. The first-order valence-corrected chi connectivity index (χ1v) is 10.6. The van der Waals surface area contributed by atoms with Gasteiger partial charge in [-0.3, -0.25) is 4.79 Å². The maximum Gasteiger partial charge on any atom is 0.265 e. The van der Waals surface area contributed by atoms with Crippen LogP contribution in [0.4, 0.5) is 10.1 Å². The van der Waals surface area contributed by atoms with E-state index in [2.05, 4.69) is 5.32 Å². The van der Waals surface area contributed by atoms with Crippen molar-refractivity contribution in [2.24, 2.45) is 0 Å². The molecule has 1 atom stereocenters. The minimum absolute atomic E-state index is 0.00478. The maximum atomic E-state index is 13.7. The van der Waals surface area contributed by atoms with Crippen LogP contribution in [0.15, 0.2) is 53.4 Å². The summed E-state index contributed by atoms with van der Waals surface area (Å²) >= 11 is 0. The Hall–Kier alpha value is -2.45. The highest BCUT2D eigenvalue weighted by Crippen LogP contribution is 2.21. The Morgan fingerprint density at radius 1 is 1.07 bits per heavy atom. The Kier molecular flexibility index (Phi) is 7.53. The predicted molar refractivity (Wildman–Crippen MR) is 106 cm³/mol. The molecule has 0 unspecified atom stereocenters. The van der Waals surface area contributed by atoms with E-state index < -0.39 is 27.9 Å². The molecule has 0 heterocycles. The molecule has 0 aromatic heterocycles. The third-order valence-corrected chi connectivity index (χ3v) is 6.30. The number of carbonyl (C=O) groups is 1. The summed E-state index contributed by atoms with van der Waals surface area (Å²) in [5.41, 5.74) is 0.430. The number of halogens is 1. The Morgan fingerprint density at radius 3 is 2.21 bits per heavy atom. The molecule has 0 saturated carbocycles. The summed E-state index contributed by atoms with van der Waals surface area (Å²) < 4.78 is 45.6. The SMILES string of the molecule is CC[C@@H](Oc1ccccc1F)C(=O)Nc1ccc(S(=O)(=O)N(CC)CC)cc1. The van der Waals surface area contributed by atoms with E-state index in [-0.39, 0.29) is 10.6 Å². The number of hydrogen-bond acceptors (Lipinski definition) is 4. The van der Waals surface area contributed by atoms with Crippen LogP contribution in [0.2, 0.25) is 0 Å². The first-order chi connectivity index (χ1) is 13.3. The Bertz CT molecular complexity index is 897. The van der Waals surface area contributed by atoms with Gasteiger partial charge in [-0.25, -0.2) is 12.8 Å². The van der Waals surface area contributed by atoms with Crippen molar-refractivity contribution in [1.29, 1.82) is 0 Å². The van der Waals surface area contributed by atoms with Crippen molar-refractivity contribution in [3.05, 3.63) is 54.3 Å². The highest BCUT2D eigenvalue weighted by atomic mass is 32.2. The summed E-state index contributed by atoms with van der Waals surface area (Å²) in [6, 6.07) is 11.8. The van der Waals surface area contributed by atoms with Crippen molar-refractivity contribution in [3.8, 4) is 5.75 Å². The van der Waals surface area contributed by atoms with Crippen LogP contribution in [0.3, 0.4) is 0 Å². The molecule has 0 radical (unpaired) electrons. The molecule has 2 aromatic rings. The third kappa shape index (κ3) is 5.08. The zero-order valence-corrected chi connectivity index (χ0v) is 17.0. The molecule has 0 aliphatic rings. The number of sulfonamides is 1. The standard InChI is InChI=1S/C20H25FN2O4S/c1-4-18(27-19-10-8-7-9-17(19)21)20(24)22-15-11-13-16(14-12-15)28(25,26)23(5-2)6-3/h7-14,18H,4-6H2,1-3H3,(H,22,24)/t18-/m1/s1. The molecule has 2 aromatic carbocycles. The molecule has 2 rings (SSSR count). The number of benzene rings is 2. The largest absolute Gasteiger partial charge is 0.478 e. The summed E-state index contributed by atoms with van der Waals surface area (Å²) in [6.07, 6.45) is -0.537. The van der Waals surface area contributed by atoms with Crippen LogP contribution in [0.25, 0.3) is 0 Å². The lowest BCUT2D eigenvalue weighted by atomic mass is 10.2.